The van der Waals surface area contributed by atoms with Gasteiger partial charge in [0.05, 0.1) is 17.9 Å². The fourth-order valence-corrected chi connectivity index (χ4v) is 4.82. The Labute approximate surface area is 179 Å². The molecule has 1 aliphatic rings. The molecular formula is C22H20F2N4O2S. The van der Waals surface area contributed by atoms with Gasteiger partial charge in [0.25, 0.3) is 10.0 Å². The molecule has 0 fully saturated rings. The van der Waals surface area contributed by atoms with Crippen LogP contribution in [0.3, 0.4) is 0 Å². The van der Waals surface area contributed by atoms with Gasteiger partial charge in [-0.1, -0.05) is 37.3 Å². The summed E-state index contributed by atoms with van der Waals surface area (Å²) in [5, 5.41) is 3.00. The van der Waals surface area contributed by atoms with Crippen molar-refractivity contribution in [2.24, 2.45) is 4.99 Å². The van der Waals surface area contributed by atoms with E-state index >= 15 is 0 Å². The van der Waals surface area contributed by atoms with Crippen molar-refractivity contribution in [1.82, 2.24) is 9.71 Å². The topological polar surface area (TPSA) is 83.4 Å². The molecule has 31 heavy (non-hydrogen) atoms. The number of rotatable bonds is 5. The zero-order valence-electron chi connectivity index (χ0n) is 16.6. The summed E-state index contributed by atoms with van der Waals surface area (Å²) in [5.41, 5.74) is 1.53. The molecular weight excluding hydrogens is 422 g/mol. The van der Waals surface area contributed by atoms with Gasteiger partial charge in [-0.05, 0) is 41.8 Å². The highest BCUT2D eigenvalue weighted by Gasteiger charge is 2.31. The van der Waals surface area contributed by atoms with E-state index in [1.807, 2.05) is 6.92 Å². The maximum Gasteiger partial charge on any atom is 0.266 e. The molecule has 9 heteroatoms. The van der Waals surface area contributed by atoms with Crippen molar-refractivity contribution in [3.05, 3.63) is 89.2 Å². The number of hydrogen-bond acceptors (Lipinski definition) is 4. The normalized spacial score (nSPS) is 16.8. The van der Waals surface area contributed by atoms with Gasteiger partial charge in [-0.2, -0.15) is 0 Å². The molecule has 2 N–H and O–H groups in total. The molecule has 0 amide bonds. The minimum Gasteiger partial charge on any atom is -0.324 e. The third kappa shape index (κ3) is 4.13. The van der Waals surface area contributed by atoms with Gasteiger partial charge in [-0.15, -0.1) is 0 Å². The number of para-hydroxylation sites is 1. The van der Waals surface area contributed by atoms with Crippen LogP contribution in [-0.4, -0.2) is 19.4 Å². The van der Waals surface area contributed by atoms with Crippen LogP contribution in [-0.2, 0) is 16.6 Å². The third-order valence-corrected chi connectivity index (χ3v) is 6.49. The quantitative estimate of drug-likeness (QED) is 0.622. The maximum absolute atomic E-state index is 14.5. The van der Waals surface area contributed by atoms with Crippen molar-refractivity contribution in [3.63, 3.8) is 0 Å². The van der Waals surface area contributed by atoms with Crippen LogP contribution in [0.2, 0.25) is 0 Å². The zero-order chi connectivity index (χ0) is 22.0. The van der Waals surface area contributed by atoms with Crippen LogP contribution in [0.4, 0.5) is 14.5 Å². The van der Waals surface area contributed by atoms with Gasteiger partial charge in [0, 0.05) is 12.1 Å². The van der Waals surface area contributed by atoms with Crippen molar-refractivity contribution < 1.29 is 17.2 Å². The number of guanidine groups is 1. The summed E-state index contributed by atoms with van der Waals surface area (Å²) in [6.07, 6.45) is 1.99. The van der Waals surface area contributed by atoms with Crippen molar-refractivity contribution in [2.45, 2.75) is 30.7 Å². The summed E-state index contributed by atoms with van der Waals surface area (Å²) in [6, 6.07) is 14.0. The van der Waals surface area contributed by atoms with Gasteiger partial charge in [0.15, 0.2) is 0 Å². The van der Waals surface area contributed by atoms with E-state index in [1.165, 1.54) is 30.5 Å². The summed E-state index contributed by atoms with van der Waals surface area (Å²) in [4.78, 5) is 8.13. The summed E-state index contributed by atoms with van der Waals surface area (Å²) in [6.45, 7) is 1.75. The lowest BCUT2D eigenvalue weighted by molar-refractivity contribution is 0.588. The number of sulfonamides is 1. The second-order valence-electron chi connectivity index (χ2n) is 7.03. The van der Waals surface area contributed by atoms with Crippen molar-refractivity contribution >= 4 is 21.7 Å². The largest absolute Gasteiger partial charge is 0.324 e. The standard InChI is InChI=1S/C22H20F2N4O2S/c1-2-14(15-7-3-4-9-17(15)23)16-8-5-11-20-21(16)27-22(28-31(20,29)30)26-13-19-18(24)10-6-12-25-19/h3-12,14H,2,13H2,1H3,(H2,26,27,28). The number of nitrogens with one attached hydrogen (secondary N) is 2. The van der Waals surface area contributed by atoms with E-state index in [0.717, 1.165) is 0 Å². The molecule has 0 saturated heterocycles. The van der Waals surface area contributed by atoms with Crippen molar-refractivity contribution in [1.29, 1.82) is 0 Å². The first-order valence-electron chi connectivity index (χ1n) is 9.71. The van der Waals surface area contributed by atoms with E-state index in [4.69, 9.17) is 0 Å². The summed E-state index contributed by atoms with van der Waals surface area (Å²) in [7, 11) is -3.91. The Hall–Kier alpha value is -3.33. The smallest absolute Gasteiger partial charge is 0.266 e. The molecule has 0 bridgehead atoms. The van der Waals surface area contributed by atoms with Crippen molar-refractivity contribution in [2.75, 3.05) is 5.32 Å². The number of fused-ring (bicyclic) bond motifs is 1. The average molecular weight is 442 g/mol. The van der Waals surface area contributed by atoms with Gasteiger partial charge >= 0.3 is 0 Å². The van der Waals surface area contributed by atoms with Gasteiger partial charge in [0.2, 0.25) is 5.96 Å². The fourth-order valence-electron chi connectivity index (χ4n) is 3.65. The van der Waals surface area contributed by atoms with E-state index in [-0.39, 0.29) is 34.8 Å². The SMILES string of the molecule is CCC(c1ccccc1F)c1cccc2c1NC(=NCc1ncccc1F)NS2(=O)=O. The number of aromatic nitrogens is 1. The molecule has 1 aliphatic heterocycles. The lowest BCUT2D eigenvalue weighted by Gasteiger charge is -2.27. The first-order valence-corrected chi connectivity index (χ1v) is 11.2. The van der Waals surface area contributed by atoms with E-state index < -0.39 is 15.8 Å². The highest BCUT2D eigenvalue weighted by molar-refractivity contribution is 7.90. The molecule has 1 atom stereocenters. The van der Waals surface area contributed by atoms with E-state index in [9.17, 15) is 17.2 Å². The van der Waals surface area contributed by atoms with E-state index in [2.05, 4.69) is 20.0 Å². The Kier molecular flexibility index (Phi) is 5.69. The van der Waals surface area contributed by atoms with Gasteiger partial charge in [0.1, 0.15) is 16.5 Å². The molecule has 3 aromatic rings. The molecule has 1 aromatic heterocycles. The number of anilines is 1. The summed E-state index contributed by atoms with van der Waals surface area (Å²) < 4.78 is 56.4. The van der Waals surface area contributed by atoms with Gasteiger partial charge in [-0.25, -0.2) is 26.9 Å². The predicted molar refractivity (Wildman–Crippen MR) is 114 cm³/mol. The second-order valence-corrected chi connectivity index (χ2v) is 8.68. The van der Waals surface area contributed by atoms with Crippen LogP contribution in [0.5, 0.6) is 0 Å². The average Bonchev–Trinajstić information content (AvgIpc) is 2.75. The minimum atomic E-state index is -3.91. The Morgan fingerprint density at radius 1 is 1.00 bits per heavy atom. The molecule has 4 rings (SSSR count). The lowest BCUT2D eigenvalue weighted by Crippen LogP contribution is -2.41. The fraction of sp³-hybridized carbons (Fsp3) is 0.182. The number of aliphatic imine (C=N–C) groups is 1. The number of hydrogen-bond donors (Lipinski definition) is 2. The first-order chi connectivity index (χ1) is 14.9. The highest BCUT2D eigenvalue weighted by atomic mass is 32.2. The zero-order valence-corrected chi connectivity index (χ0v) is 17.5. The molecule has 0 aliphatic carbocycles. The Morgan fingerprint density at radius 2 is 1.74 bits per heavy atom. The molecule has 0 radical (unpaired) electrons. The van der Waals surface area contributed by atoms with Crippen molar-refractivity contribution in [3.8, 4) is 0 Å². The molecule has 6 nitrogen and oxygen atoms in total. The van der Waals surface area contributed by atoms with Gasteiger partial charge < -0.3 is 5.32 Å². The van der Waals surface area contributed by atoms with E-state index in [1.54, 1.807) is 30.3 Å². The molecule has 0 saturated carbocycles. The monoisotopic (exact) mass is 442 g/mol. The molecule has 1 unspecified atom stereocenters. The maximum atomic E-state index is 14.5. The number of nitrogens with zero attached hydrogens (tertiary/aromatic N) is 2. The van der Waals surface area contributed by atoms with Gasteiger partial charge in [-0.3, -0.25) is 4.98 Å². The third-order valence-electron chi connectivity index (χ3n) is 5.11. The molecule has 2 aromatic carbocycles. The van der Waals surface area contributed by atoms with Crippen LogP contribution in [0.15, 0.2) is 70.7 Å². The number of pyridine rings is 1. The van der Waals surface area contributed by atoms with Crippen LogP contribution in [0, 0.1) is 11.6 Å². The lowest BCUT2D eigenvalue weighted by atomic mass is 9.87. The number of benzene rings is 2. The van der Waals surface area contributed by atoms with Crippen LogP contribution in [0.25, 0.3) is 0 Å². The van der Waals surface area contributed by atoms with Crippen LogP contribution >= 0.6 is 0 Å². The Morgan fingerprint density at radius 3 is 2.48 bits per heavy atom. The van der Waals surface area contributed by atoms with Crippen LogP contribution in [0.1, 0.15) is 36.1 Å². The van der Waals surface area contributed by atoms with Crippen LogP contribution < -0.4 is 10.0 Å². The first kappa shape index (κ1) is 20.9. The Balaban J connectivity index is 1.76. The molecule has 160 valence electrons. The van der Waals surface area contributed by atoms with E-state index in [0.29, 0.717) is 23.2 Å². The molecule has 0 spiro atoms. The second kappa shape index (κ2) is 8.43. The predicted octanol–water partition coefficient (Wildman–Crippen LogP) is 4.16. The highest BCUT2D eigenvalue weighted by Crippen LogP contribution is 2.38. The Bertz CT molecular complexity index is 1260. The summed E-state index contributed by atoms with van der Waals surface area (Å²) in [5.74, 6) is -1.31. The number of halogens is 2. The molecule has 2 heterocycles. The minimum absolute atomic E-state index is 0.0442. The summed E-state index contributed by atoms with van der Waals surface area (Å²) >= 11 is 0.